The number of amides is 1. The molecule has 0 aromatic heterocycles. The van der Waals surface area contributed by atoms with E-state index < -0.39 is 5.60 Å². The van der Waals surface area contributed by atoms with E-state index in [4.69, 9.17) is 4.74 Å². The first kappa shape index (κ1) is 12.7. The number of fused-ring (bicyclic) bond motifs is 2. The molecule has 0 spiro atoms. The summed E-state index contributed by atoms with van der Waals surface area (Å²) in [5.41, 5.74) is -0.396. The van der Waals surface area contributed by atoms with E-state index in [0.717, 1.165) is 19.3 Å². The Hall–Kier alpha value is -0.770. The lowest BCUT2D eigenvalue weighted by Gasteiger charge is -2.38. The fraction of sp³-hybridized carbons (Fsp3) is 0.923. The summed E-state index contributed by atoms with van der Waals surface area (Å²) in [6, 6.07) is 0.368. The molecule has 1 amide bonds. The van der Waals surface area contributed by atoms with E-state index in [0.29, 0.717) is 12.8 Å². The predicted octanol–water partition coefficient (Wildman–Crippen LogP) is 2.30. The van der Waals surface area contributed by atoms with Gasteiger partial charge in [-0.05, 0) is 46.0 Å². The van der Waals surface area contributed by atoms with E-state index >= 15 is 0 Å². The molecule has 1 N–H and O–H groups in total. The summed E-state index contributed by atoms with van der Waals surface area (Å²) >= 11 is 0. The molecule has 2 heterocycles. The van der Waals surface area contributed by atoms with Gasteiger partial charge in [-0.1, -0.05) is 6.92 Å². The number of carbonyl (C=O) groups excluding carboxylic acids is 1. The van der Waals surface area contributed by atoms with Crippen LogP contribution in [-0.4, -0.2) is 39.9 Å². The van der Waals surface area contributed by atoms with Crippen molar-refractivity contribution < 1.29 is 14.6 Å². The Kier molecular flexibility index (Phi) is 3.34. The molecule has 3 atom stereocenters. The first-order chi connectivity index (χ1) is 7.93. The molecule has 0 aromatic rings. The second-order valence-electron chi connectivity index (χ2n) is 5.90. The van der Waals surface area contributed by atoms with Crippen LogP contribution < -0.4 is 0 Å². The minimum Gasteiger partial charge on any atom is -0.443 e. The number of aliphatic hydroxyl groups is 1. The zero-order chi connectivity index (χ0) is 12.6. The standard InChI is InChI=1S/C13H23NO3/c1-4-13(2,3)17-12(16)14-9-5-6-10(14)8-11(15)7-9/h9-11,15H,4-8H2,1-3H3/t9-,10+,11-. The van der Waals surface area contributed by atoms with Crippen molar-refractivity contribution in [3.05, 3.63) is 0 Å². The lowest BCUT2D eigenvalue weighted by atomic mass is 10.0. The highest BCUT2D eigenvalue weighted by Gasteiger charge is 2.44. The van der Waals surface area contributed by atoms with Crippen molar-refractivity contribution in [2.75, 3.05) is 0 Å². The topological polar surface area (TPSA) is 49.8 Å². The summed E-state index contributed by atoms with van der Waals surface area (Å²) in [5, 5.41) is 9.69. The van der Waals surface area contributed by atoms with Gasteiger partial charge in [-0.15, -0.1) is 0 Å². The van der Waals surface area contributed by atoms with E-state index in [-0.39, 0.29) is 24.3 Å². The highest BCUT2D eigenvalue weighted by molar-refractivity contribution is 5.69. The number of hydrogen-bond acceptors (Lipinski definition) is 3. The zero-order valence-corrected chi connectivity index (χ0v) is 11.0. The van der Waals surface area contributed by atoms with E-state index in [2.05, 4.69) is 0 Å². The molecule has 0 aromatic carbocycles. The monoisotopic (exact) mass is 241 g/mol. The lowest BCUT2D eigenvalue weighted by Crippen LogP contribution is -2.49. The molecule has 4 heteroatoms. The van der Waals surface area contributed by atoms with Gasteiger partial charge < -0.3 is 14.7 Å². The maximum Gasteiger partial charge on any atom is 0.410 e. The normalized spacial score (nSPS) is 32.7. The Balaban J connectivity index is 2.01. The highest BCUT2D eigenvalue weighted by atomic mass is 16.6. The molecule has 2 bridgehead atoms. The van der Waals surface area contributed by atoms with Crippen LogP contribution in [0.25, 0.3) is 0 Å². The van der Waals surface area contributed by atoms with Crippen LogP contribution in [0.15, 0.2) is 0 Å². The summed E-state index contributed by atoms with van der Waals surface area (Å²) < 4.78 is 5.55. The third-order valence-corrected chi connectivity index (χ3v) is 4.13. The van der Waals surface area contributed by atoms with Gasteiger partial charge in [-0.3, -0.25) is 0 Å². The molecule has 0 radical (unpaired) electrons. The SMILES string of the molecule is CCC(C)(C)OC(=O)N1[C@@H]2CC[C@H]1C[C@H](O)C2. The number of rotatable bonds is 2. The average molecular weight is 241 g/mol. The van der Waals surface area contributed by atoms with Crippen LogP contribution in [0.2, 0.25) is 0 Å². The third kappa shape index (κ3) is 2.57. The molecule has 2 aliphatic rings. The first-order valence-electron chi connectivity index (χ1n) is 6.62. The van der Waals surface area contributed by atoms with Crippen LogP contribution in [0.3, 0.4) is 0 Å². The fourth-order valence-electron chi connectivity index (χ4n) is 2.81. The Morgan fingerprint density at radius 2 is 1.88 bits per heavy atom. The van der Waals surface area contributed by atoms with Gasteiger partial charge in [0.15, 0.2) is 0 Å². The van der Waals surface area contributed by atoms with Crippen molar-refractivity contribution in [2.45, 2.75) is 76.7 Å². The summed E-state index contributed by atoms with van der Waals surface area (Å²) in [5.74, 6) is 0. The Labute approximate surface area is 103 Å². The van der Waals surface area contributed by atoms with Crippen LogP contribution in [0.1, 0.15) is 52.9 Å². The average Bonchev–Trinajstić information content (AvgIpc) is 2.51. The van der Waals surface area contributed by atoms with Gasteiger partial charge in [-0.2, -0.15) is 0 Å². The number of carbonyl (C=O) groups is 1. The largest absolute Gasteiger partial charge is 0.443 e. The second kappa shape index (κ2) is 4.48. The molecular formula is C13H23NO3. The molecular weight excluding hydrogens is 218 g/mol. The second-order valence-corrected chi connectivity index (χ2v) is 5.90. The summed E-state index contributed by atoms with van der Waals surface area (Å²) in [6.07, 6.45) is 3.79. The highest BCUT2D eigenvalue weighted by Crippen LogP contribution is 2.36. The van der Waals surface area contributed by atoms with Crippen molar-refractivity contribution in [1.29, 1.82) is 0 Å². The molecule has 17 heavy (non-hydrogen) atoms. The predicted molar refractivity (Wildman–Crippen MR) is 64.7 cm³/mol. The van der Waals surface area contributed by atoms with Crippen molar-refractivity contribution in [3.8, 4) is 0 Å². The van der Waals surface area contributed by atoms with Crippen LogP contribution in [-0.2, 0) is 4.74 Å². The molecule has 2 aliphatic heterocycles. The maximum atomic E-state index is 12.2. The van der Waals surface area contributed by atoms with E-state index in [1.807, 2.05) is 25.7 Å². The molecule has 0 aliphatic carbocycles. The third-order valence-electron chi connectivity index (χ3n) is 4.13. The van der Waals surface area contributed by atoms with Crippen molar-refractivity contribution >= 4 is 6.09 Å². The van der Waals surface area contributed by atoms with Gasteiger partial charge >= 0.3 is 6.09 Å². The number of piperidine rings is 1. The lowest BCUT2D eigenvalue weighted by molar-refractivity contribution is -0.0192. The molecule has 98 valence electrons. The Bertz CT molecular complexity index is 289. The fourth-order valence-corrected chi connectivity index (χ4v) is 2.81. The molecule has 4 nitrogen and oxygen atoms in total. The molecule has 2 fully saturated rings. The smallest absolute Gasteiger partial charge is 0.410 e. The summed E-state index contributed by atoms with van der Waals surface area (Å²) in [6.45, 7) is 5.89. The first-order valence-corrected chi connectivity index (χ1v) is 6.62. The van der Waals surface area contributed by atoms with Crippen LogP contribution in [0.4, 0.5) is 4.79 Å². The van der Waals surface area contributed by atoms with Gasteiger partial charge in [0, 0.05) is 12.1 Å². The van der Waals surface area contributed by atoms with Gasteiger partial charge in [0.05, 0.1) is 6.10 Å². The number of aliphatic hydroxyl groups excluding tert-OH is 1. The van der Waals surface area contributed by atoms with E-state index in [9.17, 15) is 9.90 Å². The molecule has 2 rings (SSSR count). The van der Waals surface area contributed by atoms with Gasteiger partial charge in [-0.25, -0.2) is 4.79 Å². The minimum atomic E-state index is -0.396. The summed E-state index contributed by atoms with van der Waals surface area (Å²) in [7, 11) is 0. The zero-order valence-electron chi connectivity index (χ0n) is 11.0. The maximum absolute atomic E-state index is 12.2. The number of ether oxygens (including phenoxy) is 1. The minimum absolute atomic E-state index is 0.184. The van der Waals surface area contributed by atoms with Crippen LogP contribution >= 0.6 is 0 Å². The van der Waals surface area contributed by atoms with Gasteiger partial charge in [0.1, 0.15) is 5.60 Å². The molecule has 0 unspecified atom stereocenters. The van der Waals surface area contributed by atoms with Crippen LogP contribution in [0, 0.1) is 0 Å². The van der Waals surface area contributed by atoms with Gasteiger partial charge in [0.2, 0.25) is 0 Å². The van der Waals surface area contributed by atoms with Crippen molar-refractivity contribution in [2.24, 2.45) is 0 Å². The number of hydrogen-bond donors (Lipinski definition) is 1. The van der Waals surface area contributed by atoms with Gasteiger partial charge in [0.25, 0.3) is 0 Å². The van der Waals surface area contributed by atoms with Crippen molar-refractivity contribution in [3.63, 3.8) is 0 Å². The van der Waals surface area contributed by atoms with E-state index in [1.54, 1.807) is 0 Å². The van der Waals surface area contributed by atoms with Crippen LogP contribution in [0.5, 0.6) is 0 Å². The summed E-state index contributed by atoms with van der Waals surface area (Å²) in [4.78, 5) is 14.0. The molecule has 2 saturated heterocycles. The quantitative estimate of drug-likeness (QED) is 0.807. The molecule has 0 saturated carbocycles. The Morgan fingerprint density at radius 1 is 1.35 bits per heavy atom. The van der Waals surface area contributed by atoms with E-state index in [1.165, 1.54) is 0 Å². The Morgan fingerprint density at radius 3 is 2.35 bits per heavy atom. The van der Waals surface area contributed by atoms with Crippen molar-refractivity contribution in [1.82, 2.24) is 4.90 Å². The number of nitrogens with zero attached hydrogens (tertiary/aromatic N) is 1.